The van der Waals surface area contributed by atoms with E-state index in [1.807, 2.05) is 19.9 Å². The summed E-state index contributed by atoms with van der Waals surface area (Å²) in [7, 11) is 1.55. The third-order valence-corrected chi connectivity index (χ3v) is 2.90. The van der Waals surface area contributed by atoms with Crippen LogP contribution in [0.1, 0.15) is 21.5 Å². The minimum absolute atomic E-state index is 0.0736. The molecule has 4 N–H and O–H groups in total. The number of rotatable bonds is 6. The Hall–Kier alpha value is -2.08. The maximum Gasteiger partial charge on any atom is 0.252 e. The van der Waals surface area contributed by atoms with Gasteiger partial charge in [0.2, 0.25) is 5.91 Å². The smallest absolute Gasteiger partial charge is 0.252 e. The lowest BCUT2D eigenvalue weighted by Crippen LogP contribution is -2.38. The highest BCUT2D eigenvalue weighted by Crippen LogP contribution is 2.17. The zero-order chi connectivity index (χ0) is 15.1. The molecule has 0 bridgehead atoms. The fourth-order valence-electron chi connectivity index (χ4n) is 1.72. The molecule has 2 amide bonds. The van der Waals surface area contributed by atoms with Crippen molar-refractivity contribution in [2.45, 2.75) is 13.8 Å². The molecule has 20 heavy (non-hydrogen) atoms. The van der Waals surface area contributed by atoms with Gasteiger partial charge in [0.25, 0.3) is 5.91 Å². The summed E-state index contributed by atoms with van der Waals surface area (Å²) in [6.07, 6.45) is 0. The number of nitrogen functional groups attached to an aromatic ring is 1. The minimum Gasteiger partial charge on any atom is -0.398 e. The predicted octanol–water partition coefficient (Wildman–Crippen LogP) is 0.378. The first kappa shape index (κ1) is 16.0. The molecule has 0 fully saturated rings. The Morgan fingerprint density at radius 3 is 2.55 bits per heavy atom. The van der Waals surface area contributed by atoms with Crippen molar-refractivity contribution < 1.29 is 14.3 Å². The molecule has 0 aliphatic heterocycles. The van der Waals surface area contributed by atoms with Gasteiger partial charge in [0.15, 0.2) is 0 Å². The summed E-state index contributed by atoms with van der Waals surface area (Å²) in [6, 6.07) is 3.48. The van der Waals surface area contributed by atoms with Crippen LogP contribution in [-0.4, -0.2) is 38.6 Å². The van der Waals surface area contributed by atoms with E-state index in [-0.39, 0.29) is 18.4 Å². The van der Waals surface area contributed by atoms with E-state index in [9.17, 15) is 9.59 Å². The first-order chi connectivity index (χ1) is 9.45. The topological polar surface area (TPSA) is 93.5 Å². The highest BCUT2D eigenvalue weighted by molar-refractivity contribution is 5.98. The van der Waals surface area contributed by atoms with E-state index in [1.165, 1.54) is 0 Å². The third-order valence-electron chi connectivity index (χ3n) is 2.90. The highest BCUT2D eigenvalue weighted by atomic mass is 16.5. The normalized spacial score (nSPS) is 10.2. The Labute approximate surface area is 118 Å². The molecule has 1 aromatic carbocycles. The molecule has 0 spiro atoms. The summed E-state index contributed by atoms with van der Waals surface area (Å²) in [5.41, 5.74) is 8.59. The highest BCUT2D eigenvalue weighted by Gasteiger charge is 2.12. The first-order valence-electron chi connectivity index (χ1n) is 6.36. The van der Waals surface area contributed by atoms with Gasteiger partial charge in [-0.1, -0.05) is 6.07 Å². The Balaban J connectivity index is 2.55. The van der Waals surface area contributed by atoms with Gasteiger partial charge in [-0.25, -0.2) is 0 Å². The van der Waals surface area contributed by atoms with Crippen LogP contribution in [0.15, 0.2) is 12.1 Å². The van der Waals surface area contributed by atoms with Crippen molar-refractivity contribution in [2.24, 2.45) is 0 Å². The second kappa shape index (κ2) is 7.49. The largest absolute Gasteiger partial charge is 0.398 e. The number of methoxy groups -OCH3 is 1. The number of carbonyl (C=O) groups excluding carboxylic acids is 2. The lowest BCUT2D eigenvalue weighted by atomic mass is 10.0. The molecule has 0 heterocycles. The number of carbonyl (C=O) groups is 2. The molecule has 0 radical (unpaired) electrons. The number of hydrogen-bond acceptors (Lipinski definition) is 4. The number of hydrogen-bond donors (Lipinski definition) is 3. The maximum absolute atomic E-state index is 12.0. The quantitative estimate of drug-likeness (QED) is 0.518. The van der Waals surface area contributed by atoms with Crippen molar-refractivity contribution in [3.63, 3.8) is 0 Å². The Morgan fingerprint density at radius 1 is 1.20 bits per heavy atom. The van der Waals surface area contributed by atoms with Crippen LogP contribution in [0.2, 0.25) is 0 Å². The van der Waals surface area contributed by atoms with E-state index in [0.29, 0.717) is 24.4 Å². The van der Waals surface area contributed by atoms with E-state index in [2.05, 4.69) is 10.6 Å². The number of nitrogens with one attached hydrogen (secondary N) is 2. The summed E-state index contributed by atoms with van der Waals surface area (Å²) in [4.78, 5) is 23.4. The van der Waals surface area contributed by atoms with Gasteiger partial charge in [-0.15, -0.1) is 0 Å². The first-order valence-corrected chi connectivity index (χ1v) is 6.36. The molecule has 110 valence electrons. The van der Waals surface area contributed by atoms with Gasteiger partial charge in [0.1, 0.15) is 0 Å². The van der Waals surface area contributed by atoms with Crippen LogP contribution < -0.4 is 16.4 Å². The summed E-state index contributed by atoms with van der Waals surface area (Å²) < 4.78 is 4.81. The molecule has 1 rings (SSSR count). The minimum atomic E-state index is -0.309. The third kappa shape index (κ3) is 4.55. The Bertz CT molecular complexity index is 501. The molecule has 0 aromatic heterocycles. The van der Waals surface area contributed by atoms with Crippen molar-refractivity contribution >= 4 is 17.5 Å². The van der Waals surface area contributed by atoms with Crippen molar-refractivity contribution in [2.75, 3.05) is 32.5 Å². The zero-order valence-electron chi connectivity index (χ0n) is 12.1. The van der Waals surface area contributed by atoms with Gasteiger partial charge in [0, 0.05) is 24.9 Å². The van der Waals surface area contributed by atoms with Crippen molar-refractivity contribution in [3.05, 3.63) is 28.8 Å². The van der Waals surface area contributed by atoms with Crippen molar-refractivity contribution in [3.8, 4) is 0 Å². The predicted molar refractivity (Wildman–Crippen MR) is 77.5 cm³/mol. The van der Waals surface area contributed by atoms with Crippen LogP contribution in [-0.2, 0) is 9.53 Å². The van der Waals surface area contributed by atoms with Crippen LogP contribution in [0.25, 0.3) is 0 Å². The lowest BCUT2D eigenvalue weighted by Gasteiger charge is -2.10. The number of nitrogens with two attached hydrogens (primary N) is 1. The summed E-state index contributed by atoms with van der Waals surface area (Å²) in [6.45, 7) is 4.50. The molecule has 0 unspecified atom stereocenters. The summed E-state index contributed by atoms with van der Waals surface area (Å²) in [5.74, 6) is -0.566. The van der Waals surface area contributed by atoms with Gasteiger partial charge in [0.05, 0.1) is 13.2 Å². The number of amides is 2. The average Bonchev–Trinajstić information content (AvgIpc) is 2.40. The molecule has 0 aliphatic rings. The molecule has 6 heteroatoms. The van der Waals surface area contributed by atoms with E-state index in [4.69, 9.17) is 10.5 Å². The Kier molecular flexibility index (Phi) is 5.99. The van der Waals surface area contributed by atoms with Crippen LogP contribution in [0.5, 0.6) is 0 Å². The van der Waals surface area contributed by atoms with E-state index in [0.717, 1.165) is 11.1 Å². The zero-order valence-corrected chi connectivity index (χ0v) is 12.1. The van der Waals surface area contributed by atoms with Gasteiger partial charge in [-0.2, -0.15) is 0 Å². The second-order valence-electron chi connectivity index (χ2n) is 4.55. The van der Waals surface area contributed by atoms with Gasteiger partial charge in [-0.3, -0.25) is 9.59 Å². The van der Waals surface area contributed by atoms with Gasteiger partial charge < -0.3 is 21.1 Å². The average molecular weight is 279 g/mol. The van der Waals surface area contributed by atoms with Crippen LogP contribution in [0.3, 0.4) is 0 Å². The molecule has 0 saturated heterocycles. The fraction of sp³-hybridized carbons (Fsp3) is 0.429. The SMILES string of the molecule is COCCNC(=O)CNC(=O)c1cc(N)c(C)cc1C. The summed E-state index contributed by atoms with van der Waals surface area (Å²) in [5, 5.41) is 5.19. The summed E-state index contributed by atoms with van der Waals surface area (Å²) >= 11 is 0. The van der Waals surface area contributed by atoms with Gasteiger partial charge in [-0.05, 0) is 31.0 Å². The Morgan fingerprint density at radius 2 is 1.90 bits per heavy atom. The van der Waals surface area contributed by atoms with Crippen molar-refractivity contribution in [1.29, 1.82) is 0 Å². The maximum atomic E-state index is 12.0. The second-order valence-corrected chi connectivity index (χ2v) is 4.55. The van der Waals surface area contributed by atoms with Crippen LogP contribution >= 0.6 is 0 Å². The fourth-order valence-corrected chi connectivity index (χ4v) is 1.72. The molecular formula is C14H21N3O3. The molecule has 0 aliphatic carbocycles. The molecule has 1 aromatic rings. The molecule has 0 saturated carbocycles. The van der Waals surface area contributed by atoms with Crippen LogP contribution in [0, 0.1) is 13.8 Å². The lowest BCUT2D eigenvalue weighted by molar-refractivity contribution is -0.120. The van der Waals surface area contributed by atoms with Crippen LogP contribution in [0.4, 0.5) is 5.69 Å². The van der Waals surface area contributed by atoms with E-state index in [1.54, 1.807) is 13.2 Å². The van der Waals surface area contributed by atoms with Gasteiger partial charge >= 0.3 is 0 Å². The van der Waals surface area contributed by atoms with E-state index < -0.39 is 0 Å². The van der Waals surface area contributed by atoms with E-state index >= 15 is 0 Å². The number of anilines is 1. The molecular weight excluding hydrogens is 258 g/mol. The molecule has 6 nitrogen and oxygen atoms in total. The monoisotopic (exact) mass is 279 g/mol. The number of ether oxygens (including phenoxy) is 1. The molecule has 0 atom stereocenters. The van der Waals surface area contributed by atoms with Crippen molar-refractivity contribution in [1.82, 2.24) is 10.6 Å². The number of aryl methyl sites for hydroxylation is 2. The standard InChI is InChI=1S/C14H21N3O3/c1-9-6-10(2)12(15)7-11(9)14(19)17-8-13(18)16-4-5-20-3/h6-7H,4-5,8,15H2,1-3H3,(H,16,18)(H,17,19). The number of benzene rings is 1.